The lowest BCUT2D eigenvalue weighted by Gasteiger charge is -2.30. The highest BCUT2D eigenvalue weighted by molar-refractivity contribution is 9.10. The van der Waals surface area contributed by atoms with Crippen LogP contribution < -0.4 is 11.3 Å². The molecule has 0 aliphatic heterocycles. The molecule has 6 nitrogen and oxygen atoms in total. The lowest BCUT2D eigenvalue weighted by atomic mass is 9.99. The zero-order chi connectivity index (χ0) is 24.1. The maximum Gasteiger partial charge on any atom is 0.261 e. The molecule has 2 N–H and O–H groups in total. The molecular formula is C27H27BrN4O2. The third kappa shape index (κ3) is 5.11. The van der Waals surface area contributed by atoms with E-state index in [1.807, 2.05) is 67.6 Å². The van der Waals surface area contributed by atoms with Gasteiger partial charge in [-0.25, -0.2) is 4.98 Å². The first-order valence-electron chi connectivity index (χ1n) is 11.3. The van der Waals surface area contributed by atoms with Crippen LogP contribution in [0.1, 0.15) is 46.6 Å². The summed E-state index contributed by atoms with van der Waals surface area (Å²) in [4.78, 5) is 33.8. The van der Waals surface area contributed by atoms with Gasteiger partial charge in [0.2, 0.25) is 0 Å². The van der Waals surface area contributed by atoms with Crippen molar-refractivity contribution >= 4 is 27.5 Å². The van der Waals surface area contributed by atoms with Crippen LogP contribution >= 0.6 is 15.9 Å². The number of aromatic nitrogens is 2. The minimum atomic E-state index is -0.417. The number of benzene rings is 2. The second-order valence-electron chi connectivity index (χ2n) is 8.20. The molecule has 2 aromatic carbocycles. The predicted octanol–water partition coefficient (Wildman–Crippen LogP) is 4.60. The molecular weight excluding hydrogens is 492 g/mol. The van der Waals surface area contributed by atoms with Crippen LogP contribution in [-0.2, 0) is 6.42 Å². The molecule has 2 heterocycles. The molecule has 0 radical (unpaired) electrons. The first-order valence-corrected chi connectivity index (χ1v) is 12.1. The standard InChI is InChI=1S/C27H27BrN4O2/c1-19(31(17-7-15-29)26(33)21-11-13-22(28)14-12-21)25-23(18-20-8-3-2-4-9-20)27(34)32-16-6-5-10-24(32)30-25/h2-6,8-14,16,19H,7,15,17-18,29H2,1H3. The van der Waals surface area contributed by atoms with E-state index in [9.17, 15) is 9.59 Å². The Morgan fingerprint density at radius 2 is 1.76 bits per heavy atom. The number of carbonyl (C=O) groups excluding carboxylic acids is 1. The van der Waals surface area contributed by atoms with Gasteiger partial charge in [0.25, 0.3) is 11.5 Å². The number of nitrogens with two attached hydrogens (primary N) is 1. The third-order valence-corrected chi connectivity index (χ3v) is 6.43. The summed E-state index contributed by atoms with van der Waals surface area (Å²) < 4.78 is 2.47. The number of halogens is 1. The highest BCUT2D eigenvalue weighted by Crippen LogP contribution is 2.25. The number of amides is 1. The second-order valence-corrected chi connectivity index (χ2v) is 9.11. The number of pyridine rings is 1. The van der Waals surface area contributed by atoms with Crippen molar-refractivity contribution in [2.45, 2.75) is 25.8 Å². The number of fused-ring (bicyclic) bond motifs is 1. The maximum absolute atomic E-state index is 13.6. The quantitative estimate of drug-likeness (QED) is 0.369. The van der Waals surface area contributed by atoms with Crippen molar-refractivity contribution in [1.82, 2.24) is 14.3 Å². The maximum atomic E-state index is 13.6. The molecule has 0 aliphatic carbocycles. The molecule has 0 aliphatic rings. The summed E-state index contributed by atoms with van der Waals surface area (Å²) in [6.07, 6.45) is 2.81. The van der Waals surface area contributed by atoms with Crippen LogP contribution in [0.4, 0.5) is 0 Å². The monoisotopic (exact) mass is 518 g/mol. The molecule has 7 heteroatoms. The van der Waals surface area contributed by atoms with Crippen molar-refractivity contribution in [3.05, 3.63) is 116 Å². The molecule has 34 heavy (non-hydrogen) atoms. The first-order chi connectivity index (χ1) is 16.5. The zero-order valence-corrected chi connectivity index (χ0v) is 20.6. The fraction of sp³-hybridized carbons (Fsp3) is 0.222. The van der Waals surface area contributed by atoms with Crippen molar-refractivity contribution < 1.29 is 4.79 Å². The molecule has 0 saturated heterocycles. The second kappa shape index (κ2) is 10.8. The van der Waals surface area contributed by atoms with Crippen LogP contribution in [0.25, 0.3) is 5.65 Å². The van der Waals surface area contributed by atoms with Gasteiger partial charge in [-0.1, -0.05) is 52.3 Å². The number of carbonyl (C=O) groups is 1. The van der Waals surface area contributed by atoms with E-state index in [2.05, 4.69) is 15.9 Å². The Hall–Kier alpha value is -3.29. The van der Waals surface area contributed by atoms with Gasteiger partial charge in [-0.2, -0.15) is 0 Å². The summed E-state index contributed by atoms with van der Waals surface area (Å²) >= 11 is 3.42. The summed E-state index contributed by atoms with van der Waals surface area (Å²) in [6.45, 7) is 2.86. The van der Waals surface area contributed by atoms with Gasteiger partial charge in [-0.15, -0.1) is 0 Å². The molecule has 2 aromatic heterocycles. The van der Waals surface area contributed by atoms with Crippen molar-refractivity contribution in [2.75, 3.05) is 13.1 Å². The lowest BCUT2D eigenvalue weighted by molar-refractivity contribution is 0.0685. The molecule has 0 saturated carbocycles. The molecule has 4 aromatic rings. The molecule has 1 unspecified atom stereocenters. The average molecular weight is 519 g/mol. The van der Waals surface area contributed by atoms with Gasteiger partial charge in [-0.05, 0) is 61.9 Å². The first kappa shape index (κ1) is 23.9. The van der Waals surface area contributed by atoms with E-state index in [-0.39, 0.29) is 11.5 Å². The van der Waals surface area contributed by atoms with Crippen LogP contribution in [0.5, 0.6) is 0 Å². The largest absolute Gasteiger partial charge is 0.330 e. The van der Waals surface area contributed by atoms with Gasteiger partial charge in [0.15, 0.2) is 0 Å². The Kier molecular flexibility index (Phi) is 7.55. The summed E-state index contributed by atoms with van der Waals surface area (Å²) in [5, 5.41) is 0. The van der Waals surface area contributed by atoms with E-state index in [0.717, 1.165) is 10.0 Å². The van der Waals surface area contributed by atoms with Crippen molar-refractivity contribution in [1.29, 1.82) is 0 Å². The van der Waals surface area contributed by atoms with Crippen LogP contribution in [0.3, 0.4) is 0 Å². The summed E-state index contributed by atoms with van der Waals surface area (Å²) in [5.41, 5.74) is 9.02. The van der Waals surface area contributed by atoms with Gasteiger partial charge in [-0.3, -0.25) is 14.0 Å². The predicted molar refractivity (Wildman–Crippen MR) is 138 cm³/mol. The Bertz CT molecular complexity index is 1340. The Morgan fingerprint density at radius 3 is 2.47 bits per heavy atom. The molecule has 1 amide bonds. The van der Waals surface area contributed by atoms with Crippen molar-refractivity contribution in [3.8, 4) is 0 Å². The van der Waals surface area contributed by atoms with E-state index in [1.165, 1.54) is 0 Å². The van der Waals surface area contributed by atoms with Crippen LogP contribution in [-0.4, -0.2) is 33.3 Å². The molecule has 1 atom stereocenters. The number of hydrogen-bond donors (Lipinski definition) is 1. The molecule has 4 rings (SSSR count). The van der Waals surface area contributed by atoms with Crippen LogP contribution in [0, 0.1) is 0 Å². The van der Waals surface area contributed by atoms with Gasteiger partial charge in [0, 0.05) is 34.8 Å². The third-order valence-electron chi connectivity index (χ3n) is 5.90. The highest BCUT2D eigenvalue weighted by Gasteiger charge is 2.27. The number of hydrogen-bond acceptors (Lipinski definition) is 4. The smallest absolute Gasteiger partial charge is 0.261 e. The topological polar surface area (TPSA) is 80.7 Å². The van der Waals surface area contributed by atoms with E-state index in [0.29, 0.717) is 48.4 Å². The minimum absolute atomic E-state index is 0.117. The average Bonchev–Trinajstić information content (AvgIpc) is 2.86. The summed E-state index contributed by atoms with van der Waals surface area (Å²) in [6, 6.07) is 22.2. The Morgan fingerprint density at radius 1 is 1.06 bits per heavy atom. The zero-order valence-electron chi connectivity index (χ0n) is 19.0. The summed E-state index contributed by atoms with van der Waals surface area (Å²) in [5.74, 6) is -0.117. The van der Waals surface area contributed by atoms with Crippen molar-refractivity contribution in [2.24, 2.45) is 5.73 Å². The highest BCUT2D eigenvalue weighted by atomic mass is 79.9. The van der Waals surface area contributed by atoms with Crippen LogP contribution in [0.15, 0.2) is 88.3 Å². The SMILES string of the molecule is CC(c1nc2ccccn2c(=O)c1Cc1ccccc1)N(CCCN)C(=O)c1ccc(Br)cc1. The van der Waals surface area contributed by atoms with E-state index in [1.54, 1.807) is 27.6 Å². The lowest BCUT2D eigenvalue weighted by Crippen LogP contribution is -2.37. The van der Waals surface area contributed by atoms with E-state index < -0.39 is 6.04 Å². The molecule has 0 spiro atoms. The Labute approximate surface area is 207 Å². The Balaban J connectivity index is 1.82. The number of nitrogens with zero attached hydrogens (tertiary/aromatic N) is 3. The minimum Gasteiger partial charge on any atom is -0.330 e. The van der Waals surface area contributed by atoms with Gasteiger partial charge in [0.1, 0.15) is 5.65 Å². The van der Waals surface area contributed by atoms with Crippen LogP contribution in [0.2, 0.25) is 0 Å². The van der Waals surface area contributed by atoms with E-state index >= 15 is 0 Å². The number of rotatable bonds is 8. The van der Waals surface area contributed by atoms with E-state index in [4.69, 9.17) is 10.7 Å². The fourth-order valence-corrected chi connectivity index (χ4v) is 4.36. The van der Waals surface area contributed by atoms with Crippen molar-refractivity contribution in [3.63, 3.8) is 0 Å². The normalized spacial score (nSPS) is 12.0. The van der Waals surface area contributed by atoms with Gasteiger partial charge >= 0.3 is 0 Å². The van der Waals surface area contributed by atoms with Gasteiger partial charge in [0.05, 0.1) is 11.7 Å². The molecule has 174 valence electrons. The molecule has 0 fully saturated rings. The van der Waals surface area contributed by atoms with Gasteiger partial charge < -0.3 is 10.6 Å². The molecule has 0 bridgehead atoms. The summed E-state index contributed by atoms with van der Waals surface area (Å²) in [7, 11) is 0. The fourth-order valence-electron chi connectivity index (χ4n) is 4.09.